The number of benzene rings is 2. The Morgan fingerprint density at radius 3 is 2.27 bits per heavy atom. The summed E-state index contributed by atoms with van der Waals surface area (Å²) in [7, 11) is 3.07. The van der Waals surface area contributed by atoms with E-state index in [1.54, 1.807) is 47.4 Å². The molecule has 0 aromatic heterocycles. The van der Waals surface area contributed by atoms with Crippen molar-refractivity contribution in [2.45, 2.75) is 0 Å². The first-order valence-electron chi connectivity index (χ1n) is 7.93. The zero-order valence-corrected chi connectivity index (χ0v) is 14.5. The fourth-order valence-corrected chi connectivity index (χ4v) is 2.72. The summed E-state index contributed by atoms with van der Waals surface area (Å²) in [5.74, 6) is 0.330. The van der Waals surface area contributed by atoms with Crippen LogP contribution >= 0.6 is 0 Å². The number of rotatable bonds is 5. The highest BCUT2D eigenvalue weighted by Crippen LogP contribution is 2.32. The summed E-state index contributed by atoms with van der Waals surface area (Å²) >= 11 is 0. The number of Topliss-reactive ketones (excluding diaryl/α,β-unsaturated/α-hetero) is 1. The second-order valence-electron chi connectivity index (χ2n) is 5.66. The maximum absolute atomic E-state index is 12.5. The summed E-state index contributed by atoms with van der Waals surface area (Å²) in [4.78, 5) is 26.5. The van der Waals surface area contributed by atoms with E-state index < -0.39 is 5.91 Å². The van der Waals surface area contributed by atoms with Crippen LogP contribution in [0.3, 0.4) is 0 Å². The number of amides is 1. The number of carbonyl (C=O) groups excluding carboxylic acids is 2. The first-order valence-corrected chi connectivity index (χ1v) is 7.93. The van der Waals surface area contributed by atoms with E-state index in [2.05, 4.69) is 5.32 Å². The number of nitrogens with zero attached hydrogens (tertiary/aromatic N) is 1. The molecule has 26 heavy (non-hydrogen) atoms. The van der Waals surface area contributed by atoms with Crippen molar-refractivity contribution in [2.75, 3.05) is 31.0 Å². The van der Waals surface area contributed by atoms with Crippen molar-refractivity contribution >= 4 is 23.1 Å². The average molecular weight is 353 g/mol. The zero-order chi connectivity index (χ0) is 18.7. The van der Waals surface area contributed by atoms with Crippen molar-refractivity contribution in [1.29, 1.82) is 0 Å². The summed E-state index contributed by atoms with van der Waals surface area (Å²) in [6.45, 7) is -0.0281. The number of ketones is 1. The molecular weight excluding hydrogens is 334 g/mol. The van der Waals surface area contributed by atoms with E-state index in [1.165, 1.54) is 14.2 Å². The number of anilines is 2. The maximum atomic E-state index is 12.5. The van der Waals surface area contributed by atoms with E-state index in [-0.39, 0.29) is 23.7 Å². The Morgan fingerprint density at radius 2 is 1.69 bits per heavy atom. The molecule has 0 saturated heterocycles. The fourth-order valence-electron chi connectivity index (χ4n) is 2.72. The van der Waals surface area contributed by atoms with Gasteiger partial charge in [-0.15, -0.1) is 0 Å². The molecule has 3 N–H and O–H groups in total. The lowest BCUT2D eigenvalue weighted by Crippen LogP contribution is -2.25. The second-order valence-corrected chi connectivity index (χ2v) is 5.66. The average Bonchev–Trinajstić information content (AvgIpc) is 2.96. The summed E-state index contributed by atoms with van der Waals surface area (Å²) in [6, 6.07) is 14.0. The first kappa shape index (κ1) is 17.3. The zero-order valence-electron chi connectivity index (χ0n) is 14.5. The third-order valence-electron chi connectivity index (χ3n) is 4.03. The molecule has 0 atom stereocenters. The van der Waals surface area contributed by atoms with Gasteiger partial charge >= 0.3 is 0 Å². The second kappa shape index (κ2) is 7.18. The van der Waals surface area contributed by atoms with E-state index in [4.69, 9.17) is 15.2 Å². The number of carbonyl (C=O) groups is 2. The van der Waals surface area contributed by atoms with Crippen LogP contribution in [0, 0.1) is 0 Å². The Bertz CT molecular complexity index is 855. The molecule has 7 heteroatoms. The Hall–Kier alpha value is -3.48. The molecule has 0 unspecified atom stereocenters. The monoisotopic (exact) mass is 353 g/mol. The van der Waals surface area contributed by atoms with E-state index in [1.807, 2.05) is 6.07 Å². The van der Waals surface area contributed by atoms with Gasteiger partial charge in [0, 0.05) is 23.9 Å². The smallest absolute Gasteiger partial charge is 0.263 e. The molecule has 1 amide bonds. The van der Waals surface area contributed by atoms with Crippen molar-refractivity contribution in [3.8, 4) is 11.5 Å². The van der Waals surface area contributed by atoms with Gasteiger partial charge in [-0.2, -0.15) is 0 Å². The van der Waals surface area contributed by atoms with Gasteiger partial charge in [0.25, 0.3) is 5.91 Å². The van der Waals surface area contributed by atoms with Gasteiger partial charge in [0.15, 0.2) is 5.78 Å². The largest absolute Gasteiger partial charge is 0.497 e. The molecule has 0 aliphatic carbocycles. The van der Waals surface area contributed by atoms with Crippen molar-refractivity contribution in [3.05, 3.63) is 59.9 Å². The van der Waals surface area contributed by atoms with E-state index in [9.17, 15) is 9.59 Å². The minimum Gasteiger partial charge on any atom is -0.497 e. The number of hydrogen-bond acceptors (Lipinski definition) is 6. The predicted octanol–water partition coefficient (Wildman–Crippen LogP) is 1.90. The lowest BCUT2D eigenvalue weighted by atomic mass is 10.2. The highest BCUT2D eigenvalue weighted by atomic mass is 16.5. The first-order chi connectivity index (χ1) is 12.5. The highest BCUT2D eigenvalue weighted by molar-refractivity contribution is 6.27. The van der Waals surface area contributed by atoms with Crippen molar-refractivity contribution < 1.29 is 19.1 Å². The quantitative estimate of drug-likeness (QED) is 0.798. The molecule has 1 aliphatic heterocycles. The molecule has 0 radical (unpaired) electrons. The standard InChI is InChI=1S/C19H19N3O4/c1-25-14-8-13(9-15(10-14)26-2)22-11-16(23)17(18(22)20)19(24)21-12-6-4-3-5-7-12/h3-10H,11,20H2,1-2H3,(H,21,24). The van der Waals surface area contributed by atoms with Gasteiger partial charge in [-0.25, -0.2) is 0 Å². The number of hydrogen-bond donors (Lipinski definition) is 2. The molecule has 0 saturated carbocycles. The Kier molecular flexibility index (Phi) is 4.79. The summed E-state index contributed by atoms with van der Waals surface area (Å²) in [5, 5.41) is 2.69. The molecule has 0 bridgehead atoms. The lowest BCUT2D eigenvalue weighted by molar-refractivity contribution is -0.118. The van der Waals surface area contributed by atoms with Gasteiger partial charge < -0.3 is 25.4 Å². The molecule has 0 fully saturated rings. The van der Waals surface area contributed by atoms with Gasteiger partial charge in [-0.1, -0.05) is 18.2 Å². The Balaban J connectivity index is 1.92. The molecular formula is C19H19N3O4. The normalized spacial score (nSPS) is 13.8. The third kappa shape index (κ3) is 3.32. The molecule has 0 spiro atoms. The van der Waals surface area contributed by atoms with Crippen LogP contribution in [0.1, 0.15) is 0 Å². The van der Waals surface area contributed by atoms with Gasteiger partial charge in [0.1, 0.15) is 22.9 Å². The van der Waals surface area contributed by atoms with Crippen molar-refractivity contribution in [3.63, 3.8) is 0 Å². The minimum atomic E-state index is -0.531. The number of ether oxygens (including phenoxy) is 2. The summed E-state index contributed by atoms with van der Waals surface area (Å²) in [6.07, 6.45) is 0. The summed E-state index contributed by atoms with van der Waals surface area (Å²) < 4.78 is 10.5. The van der Waals surface area contributed by atoms with Crippen LogP contribution in [0.15, 0.2) is 59.9 Å². The van der Waals surface area contributed by atoms with Gasteiger partial charge in [0.05, 0.1) is 26.5 Å². The molecule has 7 nitrogen and oxygen atoms in total. The number of nitrogens with one attached hydrogen (secondary N) is 1. The van der Waals surface area contributed by atoms with Crippen molar-refractivity contribution in [1.82, 2.24) is 0 Å². The molecule has 134 valence electrons. The molecule has 3 rings (SSSR count). The highest BCUT2D eigenvalue weighted by Gasteiger charge is 2.34. The minimum absolute atomic E-state index is 0.0281. The van der Waals surface area contributed by atoms with Gasteiger partial charge in [0.2, 0.25) is 0 Å². The van der Waals surface area contributed by atoms with Crippen LogP contribution in [0.5, 0.6) is 11.5 Å². The number of methoxy groups -OCH3 is 2. The maximum Gasteiger partial charge on any atom is 0.263 e. The number of nitrogens with two attached hydrogens (primary N) is 1. The number of para-hydroxylation sites is 1. The molecule has 1 aliphatic rings. The Morgan fingerprint density at radius 1 is 1.08 bits per heavy atom. The third-order valence-corrected chi connectivity index (χ3v) is 4.03. The van der Waals surface area contributed by atoms with Crippen LogP contribution in [0.4, 0.5) is 11.4 Å². The van der Waals surface area contributed by atoms with Crippen LogP contribution in [-0.4, -0.2) is 32.5 Å². The SMILES string of the molecule is COc1cc(OC)cc(N2CC(=O)C(C(=O)Nc3ccccc3)=C2N)c1. The van der Waals surface area contributed by atoms with E-state index in [0.717, 1.165) is 0 Å². The predicted molar refractivity (Wildman–Crippen MR) is 98.2 cm³/mol. The van der Waals surface area contributed by atoms with Crippen molar-refractivity contribution in [2.24, 2.45) is 5.73 Å². The van der Waals surface area contributed by atoms with Gasteiger partial charge in [-0.05, 0) is 12.1 Å². The van der Waals surface area contributed by atoms with Gasteiger partial charge in [-0.3, -0.25) is 9.59 Å². The molecule has 1 heterocycles. The van der Waals surface area contributed by atoms with Crippen LogP contribution in [-0.2, 0) is 9.59 Å². The van der Waals surface area contributed by atoms with E-state index in [0.29, 0.717) is 22.9 Å². The summed E-state index contributed by atoms with van der Waals surface area (Å²) in [5.41, 5.74) is 7.26. The van der Waals surface area contributed by atoms with Crippen LogP contribution < -0.4 is 25.4 Å². The topological polar surface area (TPSA) is 93.9 Å². The molecule has 2 aromatic rings. The van der Waals surface area contributed by atoms with Crippen LogP contribution in [0.25, 0.3) is 0 Å². The fraction of sp³-hybridized carbons (Fsp3) is 0.158. The van der Waals surface area contributed by atoms with E-state index >= 15 is 0 Å². The van der Waals surface area contributed by atoms with Crippen LogP contribution in [0.2, 0.25) is 0 Å². The Labute approximate surface area is 151 Å². The molecule has 2 aromatic carbocycles. The lowest BCUT2D eigenvalue weighted by Gasteiger charge is -2.20.